The first-order valence-corrected chi connectivity index (χ1v) is 7.65. The van der Waals surface area contributed by atoms with Crippen molar-refractivity contribution < 1.29 is 9.59 Å². The summed E-state index contributed by atoms with van der Waals surface area (Å²) in [6.07, 6.45) is 6.66. The van der Waals surface area contributed by atoms with E-state index in [1.165, 1.54) is 0 Å². The summed E-state index contributed by atoms with van der Waals surface area (Å²) in [4.78, 5) is 25.5. The van der Waals surface area contributed by atoms with Crippen molar-refractivity contribution in [3.8, 4) is 12.3 Å². The number of amides is 3. The number of benzene rings is 1. The van der Waals surface area contributed by atoms with E-state index in [1.54, 1.807) is 18.0 Å². The lowest BCUT2D eigenvalue weighted by atomic mass is 9.87. The van der Waals surface area contributed by atoms with Crippen molar-refractivity contribution in [2.75, 3.05) is 17.3 Å². The van der Waals surface area contributed by atoms with Gasteiger partial charge in [-0.1, -0.05) is 26.7 Å². The van der Waals surface area contributed by atoms with Crippen LogP contribution in [0.4, 0.5) is 16.2 Å². The van der Waals surface area contributed by atoms with E-state index in [1.807, 2.05) is 32.9 Å². The number of hydrogen-bond acceptors (Lipinski definition) is 2. The van der Waals surface area contributed by atoms with E-state index < -0.39 is 0 Å². The van der Waals surface area contributed by atoms with Gasteiger partial charge in [0.2, 0.25) is 5.91 Å². The van der Waals surface area contributed by atoms with Gasteiger partial charge in [-0.25, -0.2) is 4.79 Å². The van der Waals surface area contributed by atoms with Crippen molar-refractivity contribution in [3.05, 3.63) is 23.8 Å². The van der Waals surface area contributed by atoms with Crippen LogP contribution in [-0.2, 0) is 11.2 Å². The molecule has 0 fully saturated rings. The molecule has 3 amide bonds. The summed E-state index contributed by atoms with van der Waals surface area (Å²) in [5.74, 6) is 2.71. The van der Waals surface area contributed by atoms with Gasteiger partial charge >= 0.3 is 6.03 Å². The van der Waals surface area contributed by atoms with Crippen LogP contribution in [0.5, 0.6) is 0 Å². The number of rotatable bonds is 2. The van der Waals surface area contributed by atoms with Gasteiger partial charge in [0, 0.05) is 24.8 Å². The highest BCUT2D eigenvalue weighted by molar-refractivity contribution is 5.97. The minimum atomic E-state index is -0.358. The number of urea groups is 1. The van der Waals surface area contributed by atoms with E-state index in [0.29, 0.717) is 18.5 Å². The summed E-state index contributed by atoms with van der Waals surface area (Å²) in [7, 11) is 1.76. The maximum Gasteiger partial charge on any atom is 0.320 e. The minimum absolute atomic E-state index is 0.109. The Balaban J connectivity index is 2.08. The first-order chi connectivity index (χ1) is 10.7. The van der Waals surface area contributed by atoms with Gasteiger partial charge in [0.25, 0.3) is 0 Å². The smallest absolute Gasteiger partial charge is 0.320 e. The molecule has 1 aromatic carbocycles. The summed E-state index contributed by atoms with van der Waals surface area (Å²) in [5, 5.41) is 5.61. The molecule has 0 aromatic heterocycles. The van der Waals surface area contributed by atoms with Gasteiger partial charge in [0.15, 0.2) is 0 Å². The van der Waals surface area contributed by atoms with Crippen molar-refractivity contribution in [1.29, 1.82) is 0 Å². The highest BCUT2D eigenvalue weighted by Gasteiger charge is 2.25. The fraction of sp³-hybridized carbons (Fsp3) is 0.444. The Morgan fingerprint density at radius 2 is 2.04 bits per heavy atom. The Kier molecular flexibility index (Phi) is 4.65. The molecule has 2 N–H and O–H groups in total. The van der Waals surface area contributed by atoms with Crippen molar-refractivity contribution in [2.45, 2.75) is 39.7 Å². The largest absolute Gasteiger partial charge is 0.324 e. The Morgan fingerprint density at radius 3 is 2.65 bits per heavy atom. The molecule has 0 saturated carbocycles. The second kappa shape index (κ2) is 6.33. The highest BCUT2D eigenvalue weighted by Crippen LogP contribution is 2.29. The van der Waals surface area contributed by atoms with Gasteiger partial charge in [0.05, 0.1) is 6.04 Å². The van der Waals surface area contributed by atoms with Crippen LogP contribution in [0.25, 0.3) is 0 Å². The first kappa shape index (κ1) is 16.9. The van der Waals surface area contributed by atoms with E-state index in [9.17, 15) is 9.59 Å². The van der Waals surface area contributed by atoms with E-state index in [4.69, 9.17) is 6.42 Å². The van der Waals surface area contributed by atoms with E-state index in [0.717, 1.165) is 11.3 Å². The van der Waals surface area contributed by atoms with Gasteiger partial charge in [-0.3, -0.25) is 4.79 Å². The fourth-order valence-electron chi connectivity index (χ4n) is 2.54. The summed E-state index contributed by atoms with van der Waals surface area (Å²) >= 11 is 0. The minimum Gasteiger partial charge on any atom is -0.324 e. The van der Waals surface area contributed by atoms with Crippen molar-refractivity contribution in [2.24, 2.45) is 5.41 Å². The lowest BCUT2D eigenvalue weighted by Crippen LogP contribution is -2.44. The molecule has 1 unspecified atom stereocenters. The second-order valence-corrected chi connectivity index (χ2v) is 6.86. The first-order valence-electron chi connectivity index (χ1n) is 7.65. The van der Waals surface area contributed by atoms with Crippen LogP contribution in [0.15, 0.2) is 18.2 Å². The Bertz CT molecular complexity index is 668. The molecule has 1 atom stereocenters. The average molecular weight is 313 g/mol. The molecule has 23 heavy (non-hydrogen) atoms. The lowest BCUT2D eigenvalue weighted by molar-refractivity contribution is -0.118. The average Bonchev–Trinajstić information content (AvgIpc) is 2.47. The number of nitrogens with zero attached hydrogens (tertiary/aromatic N) is 1. The molecule has 5 heteroatoms. The van der Waals surface area contributed by atoms with E-state index >= 15 is 0 Å². The van der Waals surface area contributed by atoms with Gasteiger partial charge < -0.3 is 15.5 Å². The number of terminal acetylenes is 1. The van der Waals surface area contributed by atoms with Crippen LogP contribution in [0.1, 0.15) is 32.8 Å². The zero-order valence-corrected chi connectivity index (χ0v) is 14.1. The van der Waals surface area contributed by atoms with Crippen LogP contribution in [0, 0.1) is 17.8 Å². The molecular weight excluding hydrogens is 290 g/mol. The Hall–Kier alpha value is -2.48. The number of hydrogen-bond donors (Lipinski definition) is 2. The molecule has 0 bridgehead atoms. The predicted octanol–water partition coefficient (Wildman–Crippen LogP) is 2.77. The number of fused-ring (bicyclic) bond motifs is 1. The van der Waals surface area contributed by atoms with Crippen molar-refractivity contribution in [1.82, 2.24) is 5.32 Å². The van der Waals surface area contributed by atoms with Crippen molar-refractivity contribution >= 4 is 23.3 Å². The molecule has 0 aliphatic carbocycles. The predicted molar refractivity (Wildman–Crippen MR) is 92.4 cm³/mol. The lowest BCUT2D eigenvalue weighted by Gasteiger charge is -2.28. The molecule has 5 nitrogen and oxygen atoms in total. The zero-order valence-electron chi connectivity index (χ0n) is 14.1. The van der Waals surface area contributed by atoms with Gasteiger partial charge in [-0.2, -0.15) is 0 Å². The third-order valence-corrected chi connectivity index (χ3v) is 3.99. The summed E-state index contributed by atoms with van der Waals surface area (Å²) in [6, 6.07) is 4.85. The Morgan fingerprint density at radius 1 is 1.35 bits per heavy atom. The van der Waals surface area contributed by atoms with E-state index in [-0.39, 0.29) is 23.4 Å². The van der Waals surface area contributed by atoms with Gasteiger partial charge in [-0.15, -0.1) is 6.42 Å². The highest BCUT2D eigenvalue weighted by atomic mass is 16.2. The van der Waals surface area contributed by atoms with Crippen LogP contribution in [0.2, 0.25) is 0 Å². The monoisotopic (exact) mass is 313 g/mol. The maximum absolute atomic E-state index is 12.1. The number of carbonyl (C=O) groups is 2. The quantitative estimate of drug-likeness (QED) is 0.825. The molecule has 1 heterocycles. The molecule has 0 spiro atoms. The third-order valence-electron chi connectivity index (χ3n) is 3.99. The number of carbonyl (C=O) groups excluding carboxylic acids is 2. The number of anilines is 2. The van der Waals surface area contributed by atoms with Gasteiger partial charge in [0.1, 0.15) is 0 Å². The third kappa shape index (κ3) is 3.84. The van der Waals surface area contributed by atoms with Gasteiger partial charge in [-0.05, 0) is 35.6 Å². The molecular formula is C18H23N3O2. The molecule has 0 radical (unpaired) electrons. The summed E-state index contributed by atoms with van der Waals surface area (Å²) in [6.45, 7) is 5.93. The number of nitrogens with one attached hydrogen (secondary N) is 2. The molecule has 2 rings (SSSR count). The topological polar surface area (TPSA) is 61.4 Å². The fourth-order valence-corrected chi connectivity index (χ4v) is 2.54. The molecule has 1 aliphatic rings. The number of aryl methyl sites for hydroxylation is 1. The van der Waals surface area contributed by atoms with Crippen LogP contribution in [0.3, 0.4) is 0 Å². The summed E-state index contributed by atoms with van der Waals surface area (Å²) < 4.78 is 0. The zero-order chi connectivity index (χ0) is 17.2. The standard InChI is InChI=1S/C18H23N3O2/c1-6-15(18(2,3)4)20-17(23)19-13-8-9-14-12(11-13)7-10-16(22)21(14)5/h1,8-9,11,15H,7,10H2,2-5H3,(H2,19,20,23). The van der Waals surface area contributed by atoms with E-state index in [2.05, 4.69) is 16.6 Å². The Labute approximate surface area is 137 Å². The molecule has 0 saturated heterocycles. The van der Waals surface area contributed by atoms with Crippen LogP contribution < -0.4 is 15.5 Å². The summed E-state index contributed by atoms with van der Waals surface area (Å²) in [5.41, 5.74) is 2.41. The second-order valence-electron chi connectivity index (χ2n) is 6.86. The van der Waals surface area contributed by atoms with Crippen LogP contribution >= 0.6 is 0 Å². The molecule has 1 aliphatic heterocycles. The van der Waals surface area contributed by atoms with Crippen molar-refractivity contribution in [3.63, 3.8) is 0 Å². The SMILES string of the molecule is C#CC(NC(=O)Nc1ccc2c(c1)CCC(=O)N2C)C(C)(C)C. The maximum atomic E-state index is 12.1. The normalized spacial score (nSPS) is 15.4. The van der Waals surface area contributed by atoms with Crippen LogP contribution in [-0.4, -0.2) is 25.0 Å². The molecule has 1 aromatic rings. The molecule has 122 valence electrons.